The Kier molecular flexibility index (Phi) is 6.18. The van der Waals surface area contributed by atoms with Gasteiger partial charge in [0.05, 0.1) is 17.1 Å². The Bertz CT molecular complexity index is 897. The number of nitrogens with zero attached hydrogens (tertiary/aromatic N) is 1. The fraction of sp³-hybridized carbons (Fsp3) is 0.278. The van der Waals surface area contributed by atoms with Crippen LogP contribution in [0.15, 0.2) is 29.6 Å². The number of amides is 2. The van der Waals surface area contributed by atoms with Crippen molar-refractivity contribution in [2.75, 3.05) is 5.32 Å². The maximum Gasteiger partial charge on any atom is 0.226 e. The molecule has 0 atom stereocenters. The molecule has 3 heterocycles. The van der Waals surface area contributed by atoms with E-state index in [0.717, 1.165) is 26.7 Å². The lowest BCUT2D eigenvalue weighted by Gasteiger charge is -2.00. The third-order valence-corrected chi connectivity index (χ3v) is 6.54. The van der Waals surface area contributed by atoms with Gasteiger partial charge in [0.2, 0.25) is 11.8 Å². The average Bonchev–Trinajstić information content (AvgIpc) is 3.32. The van der Waals surface area contributed by atoms with Crippen molar-refractivity contribution in [1.82, 2.24) is 10.3 Å². The molecule has 3 rings (SSSR count). The van der Waals surface area contributed by atoms with Gasteiger partial charge in [0.15, 0.2) is 5.13 Å². The summed E-state index contributed by atoms with van der Waals surface area (Å²) in [5, 5.41) is 8.35. The van der Waals surface area contributed by atoms with Crippen molar-refractivity contribution in [3.05, 3.63) is 44.3 Å². The van der Waals surface area contributed by atoms with E-state index in [1.165, 1.54) is 23.1 Å². The largest absolute Gasteiger partial charge is 0.351 e. The van der Waals surface area contributed by atoms with E-state index in [2.05, 4.69) is 15.6 Å². The molecule has 0 aromatic carbocycles. The molecule has 0 radical (unpaired) electrons. The molecule has 3 aromatic heterocycles. The minimum Gasteiger partial charge on any atom is -0.351 e. The summed E-state index contributed by atoms with van der Waals surface area (Å²) in [5.74, 6) is -0.0615. The van der Waals surface area contributed by atoms with Gasteiger partial charge in [-0.15, -0.1) is 34.0 Å². The van der Waals surface area contributed by atoms with Crippen LogP contribution < -0.4 is 10.6 Å². The number of hydrogen-bond donors (Lipinski definition) is 2. The number of anilines is 1. The third-order valence-electron chi connectivity index (χ3n) is 3.63. The summed E-state index contributed by atoms with van der Waals surface area (Å²) in [6.45, 7) is 4.03. The van der Waals surface area contributed by atoms with Gasteiger partial charge >= 0.3 is 0 Å². The van der Waals surface area contributed by atoms with E-state index in [4.69, 9.17) is 0 Å². The lowest BCUT2D eigenvalue weighted by molar-refractivity contribution is -0.119. The van der Waals surface area contributed by atoms with Gasteiger partial charge in [0.1, 0.15) is 0 Å². The van der Waals surface area contributed by atoms with Crippen LogP contribution in [0, 0.1) is 6.92 Å². The molecule has 2 amide bonds. The van der Waals surface area contributed by atoms with Crippen LogP contribution in [0.5, 0.6) is 0 Å². The molecule has 8 heteroatoms. The Morgan fingerprint density at radius 2 is 2.00 bits per heavy atom. The van der Waals surface area contributed by atoms with E-state index >= 15 is 0 Å². The van der Waals surface area contributed by atoms with Crippen molar-refractivity contribution >= 4 is 51.0 Å². The Labute approximate surface area is 164 Å². The minimum atomic E-state index is -0.0441. The number of aromatic nitrogens is 1. The second kappa shape index (κ2) is 8.57. The van der Waals surface area contributed by atoms with Crippen LogP contribution in [0.4, 0.5) is 5.13 Å². The highest BCUT2D eigenvalue weighted by atomic mass is 32.1. The molecular formula is C18H19N3O2S3. The molecule has 0 spiro atoms. The number of thiophene rings is 2. The molecule has 5 nitrogen and oxygen atoms in total. The number of carbonyl (C=O) groups excluding carboxylic acids is 2. The first-order valence-corrected chi connectivity index (χ1v) is 10.7. The van der Waals surface area contributed by atoms with Gasteiger partial charge in [-0.05, 0) is 36.9 Å². The molecule has 0 aliphatic carbocycles. The first-order valence-electron chi connectivity index (χ1n) is 8.14. The third kappa shape index (κ3) is 5.00. The van der Waals surface area contributed by atoms with Crippen LogP contribution in [-0.4, -0.2) is 16.8 Å². The number of thiazole rings is 1. The number of aryl methyl sites for hydroxylation is 2. The first kappa shape index (κ1) is 18.8. The smallest absolute Gasteiger partial charge is 0.226 e. The second-order valence-electron chi connectivity index (χ2n) is 5.73. The Morgan fingerprint density at radius 1 is 1.15 bits per heavy atom. The zero-order valence-electron chi connectivity index (χ0n) is 14.5. The summed E-state index contributed by atoms with van der Waals surface area (Å²) in [6.07, 6.45) is 1.20. The Hall–Kier alpha value is -2.03. The molecule has 0 saturated carbocycles. The number of nitrogens with one attached hydrogen (secondary N) is 2. The molecule has 0 aliphatic heterocycles. The highest BCUT2D eigenvalue weighted by Crippen LogP contribution is 2.34. The van der Waals surface area contributed by atoms with E-state index < -0.39 is 0 Å². The lowest BCUT2D eigenvalue weighted by atomic mass is 10.2. The Morgan fingerprint density at radius 3 is 2.73 bits per heavy atom. The summed E-state index contributed by atoms with van der Waals surface area (Å²) >= 11 is 4.75. The summed E-state index contributed by atoms with van der Waals surface area (Å²) in [4.78, 5) is 32.1. The summed E-state index contributed by atoms with van der Waals surface area (Å²) in [5.41, 5.74) is 0.891. The molecule has 3 aromatic rings. The van der Waals surface area contributed by atoms with E-state index in [-0.39, 0.29) is 11.8 Å². The predicted octanol–water partition coefficient (Wildman–Crippen LogP) is 4.45. The molecule has 0 fully saturated rings. The standard InChI is InChI=1S/C18H19N3O2S3/c1-11-17(15-7-5-14(26-15)10-19-12(2)22)21-18(25-11)20-16(23)8-6-13-4-3-9-24-13/h3-5,7,9H,6,8,10H2,1-2H3,(H,19,22)(H,20,21,23). The SMILES string of the molecule is CC(=O)NCc1ccc(-c2nc(NC(=O)CCc3cccs3)sc2C)s1. The number of rotatable bonds is 7. The van der Waals surface area contributed by atoms with Gasteiger partial charge < -0.3 is 10.6 Å². The van der Waals surface area contributed by atoms with Gasteiger partial charge in [-0.25, -0.2) is 4.98 Å². The van der Waals surface area contributed by atoms with Crippen molar-refractivity contribution in [2.45, 2.75) is 33.2 Å². The summed E-state index contributed by atoms with van der Waals surface area (Å²) in [7, 11) is 0. The number of hydrogen-bond acceptors (Lipinski definition) is 6. The fourth-order valence-electron chi connectivity index (χ4n) is 2.36. The van der Waals surface area contributed by atoms with Crippen molar-refractivity contribution in [1.29, 1.82) is 0 Å². The first-order chi connectivity index (χ1) is 12.5. The van der Waals surface area contributed by atoms with Gasteiger partial charge in [-0.2, -0.15) is 0 Å². The van der Waals surface area contributed by atoms with E-state index in [0.29, 0.717) is 18.1 Å². The zero-order valence-corrected chi connectivity index (χ0v) is 16.9. The monoisotopic (exact) mass is 405 g/mol. The van der Waals surface area contributed by atoms with E-state index in [9.17, 15) is 9.59 Å². The zero-order chi connectivity index (χ0) is 18.5. The van der Waals surface area contributed by atoms with Crippen LogP contribution in [0.1, 0.15) is 28.0 Å². The number of carbonyl (C=O) groups is 2. The van der Waals surface area contributed by atoms with Crippen molar-refractivity contribution in [3.63, 3.8) is 0 Å². The molecular weight excluding hydrogens is 386 g/mol. The average molecular weight is 406 g/mol. The summed E-state index contributed by atoms with van der Waals surface area (Å²) in [6, 6.07) is 8.04. The van der Waals surface area contributed by atoms with Crippen molar-refractivity contribution in [3.8, 4) is 10.6 Å². The molecule has 0 unspecified atom stereocenters. The van der Waals surface area contributed by atoms with Gasteiger partial charge in [0.25, 0.3) is 0 Å². The van der Waals surface area contributed by atoms with Crippen LogP contribution in [0.25, 0.3) is 10.6 Å². The van der Waals surface area contributed by atoms with Crippen LogP contribution in [0.3, 0.4) is 0 Å². The van der Waals surface area contributed by atoms with Crippen molar-refractivity contribution < 1.29 is 9.59 Å². The Balaban J connectivity index is 1.61. The van der Waals surface area contributed by atoms with Crippen LogP contribution in [-0.2, 0) is 22.6 Å². The summed E-state index contributed by atoms with van der Waals surface area (Å²) < 4.78 is 0. The lowest BCUT2D eigenvalue weighted by Crippen LogP contribution is -2.17. The van der Waals surface area contributed by atoms with Gasteiger partial charge in [0, 0.05) is 28.0 Å². The van der Waals surface area contributed by atoms with E-state index in [1.54, 1.807) is 22.7 Å². The van der Waals surface area contributed by atoms with Crippen LogP contribution in [0.2, 0.25) is 0 Å². The predicted molar refractivity (Wildman–Crippen MR) is 109 cm³/mol. The highest BCUT2D eigenvalue weighted by Gasteiger charge is 2.14. The van der Waals surface area contributed by atoms with Gasteiger partial charge in [-0.1, -0.05) is 6.07 Å². The van der Waals surface area contributed by atoms with Crippen LogP contribution >= 0.6 is 34.0 Å². The van der Waals surface area contributed by atoms with E-state index in [1.807, 2.05) is 36.6 Å². The highest BCUT2D eigenvalue weighted by molar-refractivity contribution is 7.18. The fourth-order valence-corrected chi connectivity index (χ4v) is 4.98. The van der Waals surface area contributed by atoms with Crippen molar-refractivity contribution in [2.24, 2.45) is 0 Å². The normalized spacial score (nSPS) is 10.7. The molecule has 136 valence electrons. The van der Waals surface area contributed by atoms with Gasteiger partial charge in [-0.3, -0.25) is 9.59 Å². The topological polar surface area (TPSA) is 71.1 Å². The molecule has 2 N–H and O–H groups in total. The molecule has 0 aliphatic rings. The quantitative estimate of drug-likeness (QED) is 0.610. The minimum absolute atomic E-state index is 0.0174. The maximum absolute atomic E-state index is 12.1. The molecule has 0 saturated heterocycles. The molecule has 26 heavy (non-hydrogen) atoms. The molecule has 0 bridgehead atoms. The maximum atomic E-state index is 12.1. The second-order valence-corrected chi connectivity index (χ2v) is 9.13.